The number of anilines is 1. The molecule has 24 heavy (non-hydrogen) atoms. The van der Waals surface area contributed by atoms with Crippen LogP contribution in [0.5, 0.6) is 0 Å². The summed E-state index contributed by atoms with van der Waals surface area (Å²) in [5.41, 5.74) is 2.17. The Balaban J connectivity index is 2.20. The molecular formula is C18H20N2O3S. The molecule has 0 fully saturated rings. The molecule has 0 aliphatic rings. The number of carbonyl (C=O) groups excluding carboxylic acids is 1. The average Bonchev–Trinajstić information content (AvgIpc) is 2.55. The topological polar surface area (TPSA) is 66.5 Å². The second kappa shape index (κ2) is 7.42. The highest BCUT2D eigenvalue weighted by atomic mass is 32.2. The quantitative estimate of drug-likeness (QED) is 0.848. The summed E-state index contributed by atoms with van der Waals surface area (Å²) in [6.07, 6.45) is 3.12. The van der Waals surface area contributed by atoms with Crippen molar-refractivity contribution in [2.24, 2.45) is 0 Å². The van der Waals surface area contributed by atoms with Crippen molar-refractivity contribution in [3.63, 3.8) is 0 Å². The fourth-order valence-corrected chi connectivity index (χ4v) is 2.95. The van der Waals surface area contributed by atoms with E-state index in [0.29, 0.717) is 5.69 Å². The van der Waals surface area contributed by atoms with E-state index in [1.54, 1.807) is 12.1 Å². The molecule has 2 aromatic rings. The van der Waals surface area contributed by atoms with Gasteiger partial charge in [0.15, 0.2) is 0 Å². The van der Waals surface area contributed by atoms with Crippen LogP contribution in [-0.4, -0.2) is 32.7 Å². The van der Waals surface area contributed by atoms with Crippen LogP contribution in [0.2, 0.25) is 0 Å². The lowest BCUT2D eigenvalue weighted by Crippen LogP contribution is -2.22. The first-order chi connectivity index (χ1) is 11.3. The molecule has 0 aromatic heterocycles. The summed E-state index contributed by atoms with van der Waals surface area (Å²) >= 11 is 0. The van der Waals surface area contributed by atoms with Crippen LogP contribution in [0.4, 0.5) is 5.69 Å². The Hall–Kier alpha value is -2.44. The lowest BCUT2D eigenvalue weighted by Gasteiger charge is -2.14. The normalized spacial score (nSPS) is 11.8. The van der Waals surface area contributed by atoms with E-state index in [2.05, 4.69) is 5.32 Å². The number of rotatable bonds is 5. The first kappa shape index (κ1) is 17.9. The maximum Gasteiger partial charge on any atom is 0.248 e. The smallest absolute Gasteiger partial charge is 0.248 e. The lowest BCUT2D eigenvalue weighted by atomic mass is 10.2. The standard InChI is InChI=1S/C18H20N2O3S/c1-14-9-11-16(24(22,23)20(2)3)13-17(14)19-18(21)12-10-15-7-5-4-6-8-15/h4-13H,1-3H3,(H,19,21)/b12-10+. The molecule has 0 heterocycles. The summed E-state index contributed by atoms with van der Waals surface area (Å²) in [7, 11) is -0.607. The highest BCUT2D eigenvalue weighted by Crippen LogP contribution is 2.22. The zero-order chi connectivity index (χ0) is 17.7. The molecule has 6 heteroatoms. The van der Waals surface area contributed by atoms with Crippen LogP contribution in [-0.2, 0) is 14.8 Å². The van der Waals surface area contributed by atoms with Crippen molar-refractivity contribution < 1.29 is 13.2 Å². The number of benzene rings is 2. The Morgan fingerprint density at radius 1 is 1.08 bits per heavy atom. The minimum atomic E-state index is -3.54. The van der Waals surface area contributed by atoms with Gasteiger partial charge in [0.05, 0.1) is 4.90 Å². The van der Waals surface area contributed by atoms with E-state index >= 15 is 0 Å². The van der Waals surface area contributed by atoms with Crippen molar-refractivity contribution in [2.75, 3.05) is 19.4 Å². The van der Waals surface area contributed by atoms with Gasteiger partial charge < -0.3 is 5.32 Å². The molecule has 1 amide bonds. The van der Waals surface area contributed by atoms with E-state index in [9.17, 15) is 13.2 Å². The summed E-state index contributed by atoms with van der Waals surface area (Å²) in [4.78, 5) is 12.2. The number of sulfonamides is 1. The maximum atomic E-state index is 12.2. The van der Waals surface area contributed by atoms with Gasteiger partial charge in [0.25, 0.3) is 0 Å². The number of aryl methyl sites for hydroxylation is 1. The van der Waals surface area contributed by atoms with Crippen molar-refractivity contribution in [3.8, 4) is 0 Å². The molecule has 5 nitrogen and oxygen atoms in total. The molecule has 0 bridgehead atoms. The number of carbonyl (C=O) groups is 1. The maximum absolute atomic E-state index is 12.2. The van der Waals surface area contributed by atoms with Gasteiger partial charge >= 0.3 is 0 Å². The van der Waals surface area contributed by atoms with Crippen molar-refractivity contribution >= 4 is 27.7 Å². The number of nitrogens with zero attached hydrogens (tertiary/aromatic N) is 1. The van der Waals surface area contributed by atoms with Gasteiger partial charge in [0, 0.05) is 25.9 Å². The average molecular weight is 344 g/mol. The van der Waals surface area contributed by atoms with E-state index < -0.39 is 10.0 Å². The second-order valence-corrected chi connectivity index (χ2v) is 7.65. The molecule has 2 rings (SSSR count). The molecule has 0 spiro atoms. The summed E-state index contributed by atoms with van der Waals surface area (Å²) < 4.78 is 25.5. The predicted octanol–water partition coefficient (Wildman–Crippen LogP) is 2.90. The van der Waals surface area contributed by atoms with Crippen molar-refractivity contribution in [1.29, 1.82) is 0 Å². The van der Waals surface area contributed by atoms with Crippen LogP contribution in [0, 0.1) is 6.92 Å². The van der Waals surface area contributed by atoms with Crippen LogP contribution < -0.4 is 5.32 Å². The third-order valence-electron chi connectivity index (χ3n) is 3.47. The summed E-state index contributed by atoms with van der Waals surface area (Å²) in [5.74, 6) is -0.318. The van der Waals surface area contributed by atoms with Crippen LogP contribution >= 0.6 is 0 Å². The zero-order valence-corrected chi connectivity index (χ0v) is 14.7. The predicted molar refractivity (Wildman–Crippen MR) is 96.2 cm³/mol. The first-order valence-electron chi connectivity index (χ1n) is 7.38. The Morgan fingerprint density at radius 3 is 2.38 bits per heavy atom. The molecule has 0 atom stereocenters. The second-order valence-electron chi connectivity index (χ2n) is 5.50. The highest BCUT2D eigenvalue weighted by molar-refractivity contribution is 7.89. The van der Waals surface area contributed by atoms with E-state index in [1.807, 2.05) is 37.3 Å². The molecular weight excluding hydrogens is 324 g/mol. The number of hydrogen-bond acceptors (Lipinski definition) is 3. The fraction of sp³-hybridized carbons (Fsp3) is 0.167. The Kier molecular flexibility index (Phi) is 5.54. The van der Waals surface area contributed by atoms with Crippen LogP contribution in [0.1, 0.15) is 11.1 Å². The Bertz CT molecular complexity index is 857. The summed E-state index contributed by atoms with van der Waals surface area (Å²) in [6.45, 7) is 1.81. The molecule has 0 saturated carbocycles. The van der Waals surface area contributed by atoms with E-state index in [0.717, 1.165) is 15.4 Å². The number of nitrogens with one attached hydrogen (secondary N) is 1. The van der Waals surface area contributed by atoms with E-state index in [4.69, 9.17) is 0 Å². The van der Waals surface area contributed by atoms with Gasteiger partial charge in [-0.25, -0.2) is 12.7 Å². The lowest BCUT2D eigenvalue weighted by molar-refractivity contribution is -0.111. The molecule has 0 saturated heterocycles. The number of hydrogen-bond donors (Lipinski definition) is 1. The van der Waals surface area contributed by atoms with Crippen LogP contribution in [0.25, 0.3) is 6.08 Å². The van der Waals surface area contributed by atoms with Gasteiger partial charge in [-0.1, -0.05) is 36.4 Å². The van der Waals surface area contributed by atoms with Gasteiger partial charge in [-0.05, 0) is 36.3 Å². The van der Waals surface area contributed by atoms with Gasteiger partial charge in [-0.15, -0.1) is 0 Å². The Morgan fingerprint density at radius 2 is 1.75 bits per heavy atom. The largest absolute Gasteiger partial charge is 0.322 e. The summed E-state index contributed by atoms with van der Waals surface area (Å²) in [6, 6.07) is 14.1. The Labute approximate surface area is 142 Å². The van der Waals surface area contributed by atoms with E-state index in [1.165, 1.54) is 32.3 Å². The van der Waals surface area contributed by atoms with Crippen molar-refractivity contribution in [3.05, 3.63) is 65.7 Å². The molecule has 0 radical (unpaired) electrons. The molecule has 0 aliphatic carbocycles. The minimum absolute atomic E-state index is 0.139. The van der Waals surface area contributed by atoms with Gasteiger partial charge in [0.1, 0.15) is 0 Å². The zero-order valence-electron chi connectivity index (χ0n) is 13.9. The third-order valence-corrected chi connectivity index (χ3v) is 5.28. The van der Waals surface area contributed by atoms with Gasteiger partial charge in [-0.3, -0.25) is 4.79 Å². The molecule has 126 valence electrons. The molecule has 1 N–H and O–H groups in total. The monoisotopic (exact) mass is 344 g/mol. The third kappa shape index (κ3) is 4.31. The fourth-order valence-electron chi connectivity index (χ4n) is 2.02. The summed E-state index contributed by atoms with van der Waals surface area (Å²) in [5, 5.41) is 2.72. The minimum Gasteiger partial charge on any atom is -0.322 e. The van der Waals surface area contributed by atoms with E-state index in [-0.39, 0.29) is 10.8 Å². The van der Waals surface area contributed by atoms with Crippen LogP contribution in [0.15, 0.2) is 59.5 Å². The molecule has 2 aromatic carbocycles. The molecule has 0 unspecified atom stereocenters. The molecule has 0 aliphatic heterocycles. The number of amides is 1. The van der Waals surface area contributed by atoms with Gasteiger partial charge in [-0.2, -0.15) is 0 Å². The first-order valence-corrected chi connectivity index (χ1v) is 8.82. The highest BCUT2D eigenvalue weighted by Gasteiger charge is 2.18. The van der Waals surface area contributed by atoms with Gasteiger partial charge in [0.2, 0.25) is 15.9 Å². The van der Waals surface area contributed by atoms with Crippen molar-refractivity contribution in [2.45, 2.75) is 11.8 Å². The van der Waals surface area contributed by atoms with Crippen LogP contribution in [0.3, 0.4) is 0 Å². The van der Waals surface area contributed by atoms with Crippen molar-refractivity contribution in [1.82, 2.24) is 4.31 Å². The SMILES string of the molecule is Cc1ccc(S(=O)(=O)N(C)C)cc1NC(=O)/C=C/c1ccccc1.